The van der Waals surface area contributed by atoms with Crippen LogP contribution in [0.1, 0.15) is 46.4 Å². The third-order valence-corrected chi connectivity index (χ3v) is 5.80. The van der Waals surface area contributed by atoms with Gasteiger partial charge in [-0.05, 0) is 68.1 Å². The molecule has 0 radical (unpaired) electrons. The first-order valence-electron chi connectivity index (χ1n) is 10.3. The smallest absolute Gasteiger partial charge is 0.255 e. The van der Waals surface area contributed by atoms with Crippen LogP contribution in [0.3, 0.4) is 0 Å². The van der Waals surface area contributed by atoms with Crippen molar-refractivity contribution >= 4 is 23.4 Å². The molecule has 158 valence electrons. The van der Waals surface area contributed by atoms with E-state index in [4.69, 9.17) is 16.3 Å². The lowest BCUT2D eigenvalue weighted by atomic mass is 9.98. The van der Waals surface area contributed by atoms with Gasteiger partial charge in [0.15, 0.2) is 0 Å². The highest BCUT2D eigenvalue weighted by molar-refractivity contribution is 6.33. The van der Waals surface area contributed by atoms with E-state index in [1.165, 1.54) is 12.1 Å². The molecular formula is C23H24ClFN2O3. The second-order valence-electron chi connectivity index (χ2n) is 7.97. The maximum absolute atomic E-state index is 13.3. The molecule has 1 aliphatic heterocycles. The van der Waals surface area contributed by atoms with Crippen molar-refractivity contribution in [3.8, 4) is 5.75 Å². The van der Waals surface area contributed by atoms with E-state index in [9.17, 15) is 14.0 Å². The quantitative estimate of drug-likeness (QED) is 0.743. The number of ether oxygens (including phenoxy) is 1. The molecule has 5 nitrogen and oxygen atoms in total. The summed E-state index contributed by atoms with van der Waals surface area (Å²) in [7, 11) is 0. The molecule has 30 heavy (non-hydrogen) atoms. The molecule has 7 heteroatoms. The molecule has 0 bridgehead atoms. The lowest BCUT2D eigenvalue weighted by Crippen LogP contribution is -2.41. The average Bonchev–Trinajstić information content (AvgIpc) is 3.56. The van der Waals surface area contributed by atoms with Gasteiger partial charge in [0, 0.05) is 30.6 Å². The van der Waals surface area contributed by atoms with E-state index < -0.39 is 5.82 Å². The molecule has 2 amide bonds. The molecule has 1 N–H and O–H groups in total. The van der Waals surface area contributed by atoms with Gasteiger partial charge in [-0.2, -0.15) is 0 Å². The Balaban J connectivity index is 1.30. The van der Waals surface area contributed by atoms with Crippen molar-refractivity contribution in [3.63, 3.8) is 0 Å². The van der Waals surface area contributed by atoms with Crippen LogP contribution in [-0.2, 0) is 0 Å². The van der Waals surface area contributed by atoms with Crippen molar-refractivity contribution in [2.45, 2.75) is 31.7 Å². The second kappa shape index (κ2) is 9.04. The van der Waals surface area contributed by atoms with Gasteiger partial charge in [-0.25, -0.2) is 4.39 Å². The van der Waals surface area contributed by atoms with Crippen molar-refractivity contribution < 1.29 is 18.7 Å². The third kappa shape index (κ3) is 5.11. The van der Waals surface area contributed by atoms with Gasteiger partial charge in [0.2, 0.25) is 0 Å². The number of piperidine rings is 1. The molecule has 2 aromatic carbocycles. The van der Waals surface area contributed by atoms with Gasteiger partial charge in [-0.15, -0.1) is 0 Å². The normalized spacial score (nSPS) is 18.7. The molecule has 2 aliphatic rings. The summed E-state index contributed by atoms with van der Waals surface area (Å²) in [6.45, 7) is 1.69. The summed E-state index contributed by atoms with van der Waals surface area (Å²) in [6, 6.07) is 11.3. The van der Waals surface area contributed by atoms with Crippen molar-refractivity contribution in [2.75, 3.05) is 19.7 Å². The molecule has 1 saturated carbocycles. The SMILES string of the molecule is O=C(NC1CC1)c1ccc(OCC2CCCN(C(=O)c3ccc(F)cc3Cl)C2)cc1. The van der Waals surface area contributed by atoms with E-state index in [2.05, 4.69) is 5.32 Å². The Morgan fingerprint density at radius 2 is 1.90 bits per heavy atom. The zero-order valence-corrected chi connectivity index (χ0v) is 17.3. The Bertz CT molecular complexity index is 931. The van der Waals surface area contributed by atoms with Crippen LogP contribution in [0.25, 0.3) is 0 Å². The van der Waals surface area contributed by atoms with Crippen LogP contribution in [0.2, 0.25) is 5.02 Å². The monoisotopic (exact) mass is 430 g/mol. The maximum Gasteiger partial charge on any atom is 0.255 e. The third-order valence-electron chi connectivity index (χ3n) is 5.48. The molecule has 0 spiro atoms. The molecule has 2 fully saturated rings. The second-order valence-corrected chi connectivity index (χ2v) is 8.37. The van der Waals surface area contributed by atoms with Crippen molar-refractivity contribution in [1.82, 2.24) is 10.2 Å². The number of hydrogen-bond acceptors (Lipinski definition) is 3. The summed E-state index contributed by atoms with van der Waals surface area (Å²) < 4.78 is 19.2. The van der Waals surface area contributed by atoms with Crippen LogP contribution >= 0.6 is 11.6 Å². The lowest BCUT2D eigenvalue weighted by molar-refractivity contribution is 0.0633. The summed E-state index contributed by atoms with van der Waals surface area (Å²) in [6.07, 6.45) is 3.95. The number of amides is 2. The van der Waals surface area contributed by atoms with E-state index in [1.54, 1.807) is 29.2 Å². The molecular weight excluding hydrogens is 407 g/mol. The van der Waals surface area contributed by atoms with Crippen molar-refractivity contribution in [3.05, 3.63) is 64.4 Å². The number of benzene rings is 2. The fourth-order valence-electron chi connectivity index (χ4n) is 3.63. The molecule has 1 unspecified atom stereocenters. The number of nitrogens with zero attached hydrogens (tertiary/aromatic N) is 1. The molecule has 2 aromatic rings. The average molecular weight is 431 g/mol. The number of rotatable bonds is 6. The maximum atomic E-state index is 13.3. The summed E-state index contributed by atoms with van der Waals surface area (Å²) >= 11 is 6.05. The van der Waals surface area contributed by atoms with Gasteiger partial charge < -0.3 is 15.0 Å². The highest BCUT2D eigenvalue weighted by Crippen LogP contribution is 2.24. The molecule has 4 rings (SSSR count). The van der Waals surface area contributed by atoms with Crippen LogP contribution in [0.5, 0.6) is 5.75 Å². The number of carbonyl (C=O) groups excluding carboxylic acids is 2. The summed E-state index contributed by atoms with van der Waals surface area (Å²) in [5.74, 6) is 0.195. The standard InChI is InChI=1S/C23H24ClFN2O3/c24-21-12-17(25)5-10-20(21)23(29)27-11-1-2-15(13-27)14-30-19-8-3-16(4-9-19)22(28)26-18-6-7-18/h3-5,8-10,12,15,18H,1-2,6-7,11,13-14H2,(H,26,28). The van der Waals surface area contributed by atoms with Gasteiger partial charge >= 0.3 is 0 Å². The lowest BCUT2D eigenvalue weighted by Gasteiger charge is -2.33. The highest BCUT2D eigenvalue weighted by atomic mass is 35.5. The first-order chi connectivity index (χ1) is 14.5. The van der Waals surface area contributed by atoms with Gasteiger partial charge in [-0.1, -0.05) is 11.6 Å². The molecule has 1 atom stereocenters. The molecule has 1 heterocycles. The Hall–Kier alpha value is -2.60. The molecule has 1 saturated heterocycles. The Labute approximate surface area is 180 Å². The number of halogens is 2. The fraction of sp³-hybridized carbons (Fsp3) is 0.391. The van der Waals surface area contributed by atoms with Crippen LogP contribution in [0.15, 0.2) is 42.5 Å². The fourth-order valence-corrected chi connectivity index (χ4v) is 3.88. The van der Waals surface area contributed by atoms with Crippen LogP contribution in [0, 0.1) is 11.7 Å². The van der Waals surface area contributed by atoms with Gasteiger partial charge in [0.25, 0.3) is 11.8 Å². The Morgan fingerprint density at radius 3 is 2.60 bits per heavy atom. The number of likely N-dealkylation sites (tertiary alicyclic amines) is 1. The number of nitrogens with one attached hydrogen (secondary N) is 1. The largest absolute Gasteiger partial charge is 0.493 e. The zero-order valence-electron chi connectivity index (χ0n) is 16.6. The van der Waals surface area contributed by atoms with E-state index in [0.717, 1.165) is 31.7 Å². The Kier molecular flexibility index (Phi) is 6.23. The topological polar surface area (TPSA) is 58.6 Å². The van der Waals surface area contributed by atoms with E-state index in [0.29, 0.717) is 42.6 Å². The van der Waals surface area contributed by atoms with E-state index in [-0.39, 0.29) is 22.8 Å². The number of carbonyl (C=O) groups is 2. The van der Waals surface area contributed by atoms with Gasteiger partial charge in [0.1, 0.15) is 11.6 Å². The van der Waals surface area contributed by atoms with Crippen LogP contribution in [0.4, 0.5) is 4.39 Å². The van der Waals surface area contributed by atoms with E-state index in [1.807, 2.05) is 0 Å². The minimum Gasteiger partial charge on any atom is -0.493 e. The van der Waals surface area contributed by atoms with E-state index >= 15 is 0 Å². The predicted octanol–water partition coefficient (Wildman–Crippen LogP) is 4.30. The van der Waals surface area contributed by atoms with Gasteiger partial charge in [-0.3, -0.25) is 9.59 Å². The first-order valence-corrected chi connectivity index (χ1v) is 10.7. The molecule has 1 aliphatic carbocycles. The first kappa shape index (κ1) is 20.7. The number of hydrogen-bond donors (Lipinski definition) is 1. The predicted molar refractivity (Wildman–Crippen MR) is 112 cm³/mol. The van der Waals surface area contributed by atoms with Crippen LogP contribution < -0.4 is 10.1 Å². The summed E-state index contributed by atoms with van der Waals surface area (Å²) in [5.41, 5.74) is 0.944. The zero-order chi connectivity index (χ0) is 21.1. The van der Waals surface area contributed by atoms with Crippen molar-refractivity contribution in [1.29, 1.82) is 0 Å². The minimum absolute atomic E-state index is 0.0510. The molecule has 0 aromatic heterocycles. The summed E-state index contributed by atoms with van der Waals surface area (Å²) in [5, 5.41) is 3.09. The summed E-state index contributed by atoms with van der Waals surface area (Å²) in [4.78, 5) is 26.6. The highest BCUT2D eigenvalue weighted by Gasteiger charge is 2.26. The van der Waals surface area contributed by atoms with Crippen LogP contribution in [-0.4, -0.2) is 42.5 Å². The Morgan fingerprint density at radius 1 is 1.13 bits per heavy atom. The van der Waals surface area contributed by atoms with Gasteiger partial charge in [0.05, 0.1) is 17.2 Å². The van der Waals surface area contributed by atoms with Crippen molar-refractivity contribution in [2.24, 2.45) is 5.92 Å². The minimum atomic E-state index is -0.461.